The molecule has 2 aromatic heterocycles. The van der Waals surface area contributed by atoms with E-state index in [1.54, 1.807) is 47.4 Å². The minimum atomic E-state index is -0.617. The molecule has 0 saturated heterocycles. The van der Waals surface area contributed by atoms with Crippen molar-refractivity contribution in [2.45, 2.75) is 39.5 Å². The number of aryl methyl sites for hydroxylation is 4. The Bertz CT molecular complexity index is 2070. The number of unbranched alkanes of at least 4 members (excludes halogenated alkanes) is 1. The quantitative estimate of drug-likeness (QED) is 0.160. The molecule has 0 saturated carbocycles. The second kappa shape index (κ2) is 13.4. The minimum Gasteiger partial charge on any atom is -0.451 e. The molecule has 0 aliphatic heterocycles. The number of para-hydroxylation sites is 1. The van der Waals surface area contributed by atoms with Crippen LogP contribution in [0.5, 0.6) is 0 Å². The summed E-state index contributed by atoms with van der Waals surface area (Å²) in [6, 6.07) is 27.6. The third-order valence-corrected chi connectivity index (χ3v) is 8.00. The highest BCUT2D eigenvalue weighted by atomic mass is 16.3. The topological polar surface area (TPSA) is 119 Å². The summed E-state index contributed by atoms with van der Waals surface area (Å²) < 4.78 is 7.43. The van der Waals surface area contributed by atoms with E-state index in [1.165, 1.54) is 23.5 Å². The lowest BCUT2D eigenvalue weighted by Gasteiger charge is -2.14. The highest BCUT2D eigenvalue weighted by molar-refractivity contribution is 6.12. The van der Waals surface area contributed by atoms with Gasteiger partial charge in [-0.1, -0.05) is 36.4 Å². The van der Waals surface area contributed by atoms with Gasteiger partial charge < -0.3 is 15.1 Å². The first-order valence-corrected chi connectivity index (χ1v) is 15.1. The smallest absolute Gasteiger partial charge is 0.291 e. The second-order valence-corrected chi connectivity index (χ2v) is 11.3. The number of aromatic nitrogens is 3. The summed E-state index contributed by atoms with van der Waals surface area (Å²) in [6.07, 6.45) is 7.24. The average molecular weight is 612 g/mol. The zero-order valence-electron chi connectivity index (χ0n) is 25.6. The van der Waals surface area contributed by atoms with Gasteiger partial charge in [-0.05, 0) is 110 Å². The number of nitrogens with zero attached hydrogens (tertiary/aromatic N) is 3. The molecule has 0 bridgehead atoms. The Morgan fingerprint density at radius 3 is 2.15 bits per heavy atom. The third-order valence-electron chi connectivity index (χ3n) is 8.00. The number of carbonyl (C=O) groups excluding carboxylic acids is 2. The normalized spacial score (nSPS) is 11.0. The summed E-state index contributed by atoms with van der Waals surface area (Å²) >= 11 is 0. The highest BCUT2D eigenvalue weighted by Gasteiger charge is 2.19. The molecule has 2 heterocycles. The summed E-state index contributed by atoms with van der Waals surface area (Å²) in [4.78, 5) is 43.1. The molecule has 2 amide bonds. The fourth-order valence-corrected chi connectivity index (χ4v) is 5.28. The van der Waals surface area contributed by atoms with E-state index in [0.717, 1.165) is 42.5 Å². The molecule has 0 atom stereocenters. The molecule has 46 heavy (non-hydrogen) atoms. The monoisotopic (exact) mass is 611 g/mol. The first kappa shape index (κ1) is 30.2. The van der Waals surface area contributed by atoms with E-state index in [9.17, 15) is 14.4 Å². The Morgan fingerprint density at radius 2 is 1.46 bits per heavy atom. The van der Waals surface area contributed by atoms with Gasteiger partial charge in [-0.25, -0.2) is 9.67 Å². The van der Waals surface area contributed by atoms with Gasteiger partial charge in [0.25, 0.3) is 11.8 Å². The average Bonchev–Trinajstić information content (AvgIpc) is 3.61. The lowest BCUT2D eigenvalue weighted by molar-refractivity contribution is 0.0997. The number of fused-ring (bicyclic) bond motifs is 1. The largest absolute Gasteiger partial charge is 0.451 e. The van der Waals surface area contributed by atoms with E-state index < -0.39 is 5.91 Å². The standard InChI is InChI=1S/C37H33N5O4/c1-24-19-31(32(20-25(24)2)41-37(45)35-21-33(43)30-9-5-6-10-34(30)46-35)36(44)40-28-15-11-26(12-16-28)7-3-4-8-27-13-17-29(18-14-27)42-23-38-22-39-42/h5-6,9-23H,3-4,7-8H2,1-2H3,(H,40,44)(H,41,45). The van der Waals surface area contributed by atoms with Gasteiger partial charge in [0.05, 0.1) is 22.3 Å². The number of nitrogens with one attached hydrogen (secondary N) is 2. The van der Waals surface area contributed by atoms with Crippen LogP contribution >= 0.6 is 0 Å². The molecule has 4 aromatic carbocycles. The maximum Gasteiger partial charge on any atom is 0.291 e. The lowest BCUT2D eigenvalue weighted by Crippen LogP contribution is -2.20. The van der Waals surface area contributed by atoms with E-state index in [0.29, 0.717) is 27.9 Å². The molecule has 0 radical (unpaired) electrons. The van der Waals surface area contributed by atoms with Crippen molar-refractivity contribution in [3.05, 3.63) is 147 Å². The van der Waals surface area contributed by atoms with E-state index in [1.807, 2.05) is 38.1 Å². The van der Waals surface area contributed by atoms with Crippen LogP contribution in [0.2, 0.25) is 0 Å². The van der Waals surface area contributed by atoms with E-state index in [4.69, 9.17) is 4.42 Å². The van der Waals surface area contributed by atoms with Gasteiger partial charge in [0.2, 0.25) is 0 Å². The van der Waals surface area contributed by atoms with Crippen molar-refractivity contribution >= 4 is 34.2 Å². The zero-order valence-corrected chi connectivity index (χ0v) is 25.6. The maximum atomic E-state index is 13.4. The summed E-state index contributed by atoms with van der Waals surface area (Å²) in [5.41, 5.74) is 6.55. The molecule has 9 heteroatoms. The predicted molar refractivity (Wildman–Crippen MR) is 179 cm³/mol. The van der Waals surface area contributed by atoms with E-state index >= 15 is 0 Å². The Balaban J connectivity index is 1.06. The number of amides is 2. The van der Waals surface area contributed by atoms with Crippen molar-refractivity contribution in [2.24, 2.45) is 0 Å². The molecule has 9 nitrogen and oxygen atoms in total. The van der Waals surface area contributed by atoms with Gasteiger partial charge in [0, 0.05) is 11.8 Å². The van der Waals surface area contributed by atoms with Crippen molar-refractivity contribution in [2.75, 3.05) is 10.6 Å². The zero-order chi connectivity index (χ0) is 32.0. The summed E-state index contributed by atoms with van der Waals surface area (Å²) in [6.45, 7) is 3.81. The van der Waals surface area contributed by atoms with Gasteiger partial charge >= 0.3 is 0 Å². The van der Waals surface area contributed by atoms with E-state index in [2.05, 4.69) is 45.0 Å². The SMILES string of the molecule is Cc1cc(NC(=O)c2cc(=O)c3ccccc3o2)c(C(=O)Nc2ccc(CCCCc3ccc(-n4cncn4)cc3)cc2)cc1C. The van der Waals surface area contributed by atoms with Crippen LogP contribution in [0.3, 0.4) is 0 Å². The predicted octanol–water partition coefficient (Wildman–Crippen LogP) is 7.06. The molecular weight excluding hydrogens is 578 g/mol. The van der Waals surface area contributed by atoms with Crippen molar-refractivity contribution in [1.29, 1.82) is 0 Å². The molecule has 0 aliphatic rings. The van der Waals surface area contributed by atoms with Crippen LogP contribution in [0.4, 0.5) is 11.4 Å². The van der Waals surface area contributed by atoms with Gasteiger partial charge in [-0.3, -0.25) is 14.4 Å². The Morgan fingerprint density at radius 1 is 0.783 bits per heavy atom. The molecule has 6 rings (SSSR count). The van der Waals surface area contributed by atoms with Crippen LogP contribution in [0.1, 0.15) is 56.0 Å². The van der Waals surface area contributed by atoms with Crippen LogP contribution in [0.15, 0.2) is 113 Å². The van der Waals surface area contributed by atoms with Crippen LogP contribution in [0.25, 0.3) is 16.7 Å². The summed E-state index contributed by atoms with van der Waals surface area (Å²) in [5.74, 6) is -1.11. The van der Waals surface area contributed by atoms with Crippen molar-refractivity contribution in [1.82, 2.24) is 14.8 Å². The lowest BCUT2D eigenvalue weighted by atomic mass is 10.0. The number of benzene rings is 4. The molecule has 0 aliphatic carbocycles. The molecule has 6 aromatic rings. The number of rotatable bonds is 10. The van der Waals surface area contributed by atoms with Gasteiger partial charge in [-0.15, -0.1) is 0 Å². The van der Waals surface area contributed by atoms with Crippen LogP contribution < -0.4 is 16.1 Å². The van der Waals surface area contributed by atoms with E-state index in [-0.39, 0.29) is 17.1 Å². The van der Waals surface area contributed by atoms with Crippen molar-refractivity contribution in [3.63, 3.8) is 0 Å². The number of hydrogen-bond acceptors (Lipinski definition) is 6. The highest BCUT2D eigenvalue weighted by Crippen LogP contribution is 2.24. The van der Waals surface area contributed by atoms with Gasteiger partial charge in [-0.2, -0.15) is 5.10 Å². The van der Waals surface area contributed by atoms with Crippen LogP contribution in [0, 0.1) is 13.8 Å². The Kier molecular flexibility index (Phi) is 8.82. The Labute approximate surface area is 265 Å². The molecule has 230 valence electrons. The van der Waals surface area contributed by atoms with Gasteiger partial charge in [0.1, 0.15) is 18.2 Å². The molecule has 0 unspecified atom stereocenters. The van der Waals surface area contributed by atoms with Gasteiger partial charge in [0.15, 0.2) is 11.2 Å². The fourth-order valence-electron chi connectivity index (χ4n) is 5.28. The molecule has 0 fully saturated rings. The molecule has 2 N–H and O–H groups in total. The fraction of sp³-hybridized carbons (Fsp3) is 0.162. The summed E-state index contributed by atoms with van der Waals surface area (Å²) in [7, 11) is 0. The number of anilines is 2. The number of carbonyl (C=O) groups is 2. The second-order valence-electron chi connectivity index (χ2n) is 11.3. The first-order valence-electron chi connectivity index (χ1n) is 15.1. The molecular formula is C37H33N5O4. The van der Waals surface area contributed by atoms with Crippen molar-refractivity contribution in [3.8, 4) is 5.69 Å². The first-order chi connectivity index (χ1) is 22.3. The van der Waals surface area contributed by atoms with Crippen LogP contribution in [-0.2, 0) is 12.8 Å². The minimum absolute atomic E-state index is 0.134. The number of hydrogen-bond donors (Lipinski definition) is 2. The van der Waals surface area contributed by atoms with Crippen molar-refractivity contribution < 1.29 is 14.0 Å². The van der Waals surface area contributed by atoms with Crippen LogP contribution in [-0.4, -0.2) is 26.6 Å². The Hall–Kier alpha value is -5.83. The molecule has 0 spiro atoms. The third kappa shape index (κ3) is 6.94. The summed E-state index contributed by atoms with van der Waals surface area (Å²) in [5, 5.41) is 10.3. The maximum absolute atomic E-state index is 13.4.